The lowest BCUT2D eigenvalue weighted by Gasteiger charge is -2.58. The zero-order valence-corrected chi connectivity index (χ0v) is 14.9. The van der Waals surface area contributed by atoms with Crippen LogP contribution < -0.4 is 0 Å². The maximum atomic E-state index is 12.4. The molecule has 4 atom stereocenters. The normalized spacial score (nSPS) is 40.6. The largest absolute Gasteiger partial charge is 0.462 e. The number of hydrogen-bond acceptors (Lipinski definition) is 4. The van der Waals surface area contributed by atoms with Crippen molar-refractivity contribution in [1.29, 1.82) is 0 Å². The standard InChI is InChI=1S/C20H28O4/c1-12-14(6-5-13-8-10-24-18(13)23)20(4)9-7-17(22)19(2,3)16(20)11-15(12)21/h5,14-16,21H,1,6-11H2,2-4H3/b13-5-/t14-,15-,16-,20+/m0/s1. The number of carbonyl (C=O) groups is 2. The van der Waals surface area contributed by atoms with Crippen LogP contribution in [0, 0.1) is 22.7 Å². The molecule has 0 unspecified atom stereocenters. The first-order valence-corrected chi connectivity index (χ1v) is 8.94. The molecule has 0 radical (unpaired) electrons. The lowest BCUT2D eigenvalue weighted by molar-refractivity contribution is -0.148. The summed E-state index contributed by atoms with van der Waals surface area (Å²) in [6.07, 6.45) is 4.73. The predicted octanol–water partition coefficient (Wildman–Crippen LogP) is 3.20. The molecule has 2 aliphatic carbocycles. The van der Waals surface area contributed by atoms with E-state index in [-0.39, 0.29) is 23.2 Å². The Morgan fingerprint density at radius 3 is 2.62 bits per heavy atom. The zero-order chi connectivity index (χ0) is 17.7. The van der Waals surface area contributed by atoms with E-state index in [0.29, 0.717) is 38.1 Å². The van der Waals surface area contributed by atoms with Crippen LogP contribution in [0.25, 0.3) is 0 Å². The highest BCUT2D eigenvalue weighted by molar-refractivity contribution is 5.90. The molecule has 0 spiro atoms. The van der Waals surface area contributed by atoms with Gasteiger partial charge in [-0.25, -0.2) is 4.79 Å². The van der Waals surface area contributed by atoms with Crippen LogP contribution in [0.15, 0.2) is 23.8 Å². The highest BCUT2D eigenvalue weighted by Gasteiger charge is 2.57. The summed E-state index contributed by atoms with van der Waals surface area (Å²) in [5.41, 5.74) is 1.08. The molecule has 0 aromatic rings. The number of allylic oxidation sites excluding steroid dienone is 1. The lowest BCUT2D eigenvalue weighted by Crippen LogP contribution is -2.55. The van der Waals surface area contributed by atoms with E-state index in [4.69, 9.17) is 4.74 Å². The fourth-order valence-electron chi connectivity index (χ4n) is 5.22. The molecule has 1 N–H and O–H groups in total. The van der Waals surface area contributed by atoms with E-state index in [1.54, 1.807) is 0 Å². The van der Waals surface area contributed by atoms with Gasteiger partial charge in [0.15, 0.2) is 0 Å². The van der Waals surface area contributed by atoms with Crippen LogP contribution in [0.1, 0.15) is 52.9 Å². The van der Waals surface area contributed by atoms with E-state index in [9.17, 15) is 14.7 Å². The minimum absolute atomic E-state index is 0.0761. The molecule has 4 nitrogen and oxygen atoms in total. The van der Waals surface area contributed by atoms with Crippen molar-refractivity contribution >= 4 is 11.8 Å². The maximum absolute atomic E-state index is 12.4. The molecule has 24 heavy (non-hydrogen) atoms. The molecule has 0 amide bonds. The molecule has 1 saturated heterocycles. The summed E-state index contributed by atoms with van der Waals surface area (Å²) >= 11 is 0. The maximum Gasteiger partial charge on any atom is 0.333 e. The van der Waals surface area contributed by atoms with Crippen LogP contribution in [-0.2, 0) is 14.3 Å². The Balaban J connectivity index is 1.92. The highest BCUT2D eigenvalue weighted by atomic mass is 16.5. The molecule has 0 aromatic carbocycles. The van der Waals surface area contributed by atoms with E-state index in [0.717, 1.165) is 17.6 Å². The summed E-state index contributed by atoms with van der Waals surface area (Å²) in [6, 6.07) is 0. The topological polar surface area (TPSA) is 63.6 Å². The molecule has 0 bridgehead atoms. The number of aliphatic hydroxyl groups excluding tert-OH is 1. The van der Waals surface area contributed by atoms with Crippen molar-refractivity contribution in [1.82, 2.24) is 0 Å². The van der Waals surface area contributed by atoms with Gasteiger partial charge in [0, 0.05) is 23.8 Å². The fourth-order valence-corrected chi connectivity index (χ4v) is 5.22. The van der Waals surface area contributed by atoms with Gasteiger partial charge in [0.05, 0.1) is 12.7 Å². The summed E-state index contributed by atoms with van der Waals surface area (Å²) in [6.45, 7) is 10.9. The monoisotopic (exact) mass is 332 g/mol. The van der Waals surface area contributed by atoms with Crippen molar-refractivity contribution in [2.45, 2.75) is 59.0 Å². The van der Waals surface area contributed by atoms with Crippen LogP contribution >= 0.6 is 0 Å². The highest BCUT2D eigenvalue weighted by Crippen LogP contribution is 2.60. The average Bonchev–Trinajstić information content (AvgIpc) is 2.92. The van der Waals surface area contributed by atoms with Crippen molar-refractivity contribution in [3.63, 3.8) is 0 Å². The SMILES string of the molecule is C=C1[C@@H](O)C[C@H]2C(C)(C)C(=O)CC[C@]2(C)[C@H]1C/C=C1/CCOC1=O. The van der Waals surface area contributed by atoms with Gasteiger partial charge < -0.3 is 9.84 Å². The predicted molar refractivity (Wildman–Crippen MR) is 91.1 cm³/mol. The number of fused-ring (bicyclic) bond motifs is 1. The quantitative estimate of drug-likeness (QED) is 0.479. The minimum Gasteiger partial charge on any atom is -0.462 e. The molecule has 132 valence electrons. The Labute approximate surface area is 144 Å². The van der Waals surface area contributed by atoms with Gasteiger partial charge in [-0.15, -0.1) is 0 Å². The molecule has 4 heteroatoms. The minimum atomic E-state index is -0.577. The third-order valence-corrected chi connectivity index (χ3v) is 6.87. The third-order valence-electron chi connectivity index (χ3n) is 6.87. The van der Waals surface area contributed by atoms with E-state index >= 15 is 0 Å². The first-order valence-electron chi connectivity index (χ1n) is 8.94. The zero-order valence-electron chi connectivity index (χ0n) is 14.9. The number of Topliss-reactive ketones (excluding diaryl/α,β-unsaturated/α-hetero) is 1. The molecule has 3 rings (SSSR count). The van der Waals surface area contributed by atoms with Gasteiger partial charge in [-0.2, -0.15) is 0 Å². The number of aliphatic hydroxyl groups is 1. The van der Waals surface area contributed by atoms with Crippen LogP contribution in [0.4, 0.5) is 0 Å². The first kappa shape index (κ1) is 17.4. The lowest BCUT2D eigenvalue weighted by atomic mass is 9.46. The van der Waals surface area contributed by atoms with E-state index in [2.05, 4.69) is 13.5 Å². The van der Waals surface area contributed by atoms with Crippen molar-refractivity contribution in [3.05, 3.63) is 23.8 Å². The Bertz CT molecular complexity index is 615. The Kier molecular flexibility index (Phi) is 4.23. The van der Waals surface area contributed by atoms with Gasteiger partial charge in [0.1, 0.15) is 5.78 Å². The van der Waals surface area contributed by atoms with Gasteiger partial charge in [0.2, 0.25) is 0 Å². The van der Waals surface area contributed by atoms with Crippen LogP contribution in [-0.4, -0.2) is 29.6 Å². The molecular weight excluding hydrogens is 304 g/mol. The van der Waals surface area contributed by atoms with E-state index in [1.165, 1.54) is 0 Å². The number of carbonyl (C=O) groups excluding carboxylic acids is 2. The average molecular weight is 332 g/mol. The summed E-state index contributed by atoms with van der Waals surface area (Å²) < 4.78 is 5.01. The molecule has 0 aromatic heterocycles. The second-order valence-electron chi connectivity index (χ2n) is 8.43. The summed E-state index contributed by atoms with van der Waals surface area (Å²) in [7, 11) is 0. The van der Waals surface area contributed by atoms with Crippen molar-refractivity contribution in [2.24, 2.45) is 22.7 Å². The van der Waals surface area contributed by atoms with Crippen molar-refractivity contribution in [3.8, 4) is 0 Å². The van der Waals surface area contributed by atoms with Gasteiger partial charge in [-0.1, -0.05) is 33.4 Å². The summed E-state index contributed by atoms with van der Waals surface area (Å²) in [5, 5.41) is 10.5. The first-order chi connectivity index (χ1) is 11.2. The van der Waals surface area contributed by atoms with Crippen LogP contribution in [0.5, 0.6) is 0 Å². The number of ether oxygens (including phenoxy) is 1. The van der Waals surface area contributed by atoms with E-state index in [1.807, 2.05) is 19.9 Å². The number of hydrogen-bond donors (Lipinski definition) is 1. The number of rotatable bonds is 2. The molecule has 1 heterocycles. The second-order valence-corrected chi connectivity index (χ2v) is 8.43. The van der Waals surface area contributed by atoms with Crippen molar-refractivity contribution in [2.75, 3.05) is 6.61 Å². The molecule has 3 aliphatic rings. The van der Waals surface area contributed by atoms with Crippen LogP contribution in [0.2, 0.25) is 0 Å². The molecule has 2 saturated carbocycles. The summed E-state index contributed by atoms with van der Waals surface area (Å²) in [4.78, 5) is 24.1. The number of cyclic esters (lactones) is 1. The Hall–Kier alpha value is -1.42. The van der Waals surface area contributed by atoms with E-state index < -0.39 is 11.5 Å². The van der Waals surface area contributed by atoms with Crippen LogP contribution in [0.3, 0.4) is 0 Å². The smallest absolute Gasteiger partial charge is 0.333 e. The Morgan fingerprint density at radius 1 is 1.29 bits per heavy atom. The Morgan fingerprint density at radius 2 is 2.00 bits per heavy atom. The number of ketones is 1. The fraction of sp³-hybridized carbons (Fsp3) is 0.700. The number of esters is 1. The molecule has 1 aliphatic heterocycles. The van der Waals surface area contributed by atoms with Crippen molar-refractivity contribution < 1.29 is 19.4 Å². The molecular formula is C20H28O4. The van der Waals surface area contributed by atoms with Gasteiger partial charge in [0.25, 0.3) is 0 Å². The van der Waals surface area contributed by atoms with Gasteiger partial charge in [-0.05, 0) is 42.1 Å². The van der Waals surface area contributed by atoms with Gasteiger partial charge in [-0.3, -0.25) is 4.79 Å². The van der Waals surface area contributed by atoms with Gasteiger partial charge >= 0.3 is 5.97 Å². The molecule has 3 fully saturated rings. The second kappa shape index (κ2) is 5.83. The third kappa shape index (κ3) is 2.55. The summed E-state index contributed by atoms with van der Waals surface area (Å²) in [5.74, 6) is 0.282.